The zero-order valence-electron chi connectivity index (χ0n) is 13.3. The molecule has 122 valence electrons. The Labute approximate surface area is 138 Å². The zero-order valence-corrected chi connectivity index (χ0v) is 13.3. The van der Waals surface area contributed by atoms with Crippen LogP contribution in [0.25, 0.3) is 22.2 Å². The number of rotatable bonds is 4. The Bertz CT molecular complexity index is 978. The first-order chi connectivity index (χ1) is 11.5. The molecule has 1 N–H and O–H groups in total. The van der Waals surface area contributed by atoms with E-state index in [1.165, 1.54) is 11.0 Å². The van der Waals surface area contributed by atoms with E-state index >= 15 is 0 Å². The maximum Gasteiger partial charge on any atom is 0.338 e. The van der Waals surface area contributed by atoms with Crippen molar-refractivity contribution in [2.75, 3.05) is 18.5 Å². The van der Waals surface area contributed by atoms with E-state index in [1.54, 1.807) is 19.2 Å². The van der Waals surface area contributed by atoms with E-state index in [0.717, 1.165) is 16.7 Å². The molecule has 0 aliphatic heterocycles. The van der Waals surface area contributed by atoms with Crippen molar-refractivity contribution in [3.63, 3.8) is 0 Å². The van der Waals surface area contributed by atoms with Crippen LogP contribution in [0, 0.1) is 6.92 Å². The van der Waals surface area contributed by atoms with Crippen LogP contribution in [-0.2, 0) is 4.79 Å². The molecule has 0 spiro atoms. The number of nitrogens with zero attached hydrogens (tertiary/aromatic N) is 2. The highest BCUT2D eigenvalue weighted by molar-refractivity contribution is 5.93. The summed E-state index contributed by atoms with van der Waals surface area (Å²) in [6.45, 7) is 1.78. The Morgan fingerprint density at radius 3 is 2.67 bits per heavy atom. The van der Waals surface area contributed by atoms with Crippen molar-refractivity contribution in [3.8, 4) is 11.1 Å². The summed E-state index contributed by atoms with van der Waals surface area (Å²) in [5.41, 5.74) is 2.42. The van der Waals surface area contributed by atoms with E-state index in [4.69, 9.17) is 9.52 Å². The summed E-state index contributed by atoms with van der Waals surface area (Å²) in [6, 6.07) is 12.7. The van der Waals surface area contributed by atoms with Gasteiger partial charge in [0.05, 0.1) is 0 Å². The molecule has 0 saturated carbocycles. The molecule has 1 aromatic carbocycles. The number of benzene rings is 1. The predicted octanol–water partition coefficient (Wildman–Crippen LogP) is 2.68. The highest BCUT2D eigenvalue weighted by atomic mass is 16.4. The standard InChI is InChI=1S/C18H16N2O4/c1-11-5-3-4-6-12(11)14-9-17(23)24-18-13(14)7-8-15(19-18)20(2)10-16(21)22/h3-9H,10H2,1-2H3,(H,21,22). The first kappa shape index (κ1) is 15.7. The summed E-state index contributed by atoms with van der Waals surface area (Å²) in [5, 5.41) is 9.59. The molecule has 0 aliphatic carbocycles. The van der Waals surface area contributed by atoms with Crippen LogP contribution in [0.4, 0.5) is 5.82 Å². The van der Waals surface area contributed by atoms with Gasteiger partial charge in [0.25, 0.3) is 0 Å². The molecule has 0 amide bonds. The number of carbonyl (C=O) groups is 1. The van der Waals surface area contributed by atoms with Gasteiger partial charge < -0.3 is 14.4 Å². The Balaban J connectivity index is 2.18. The first-order valence-corrected chi connectivity index (χ1v) is 7.39. The maximum atomic E-state index is 11.9. The Hall–Kier alpha value is -3.15. The molecule has 3 aromatic rings. The zero-order chi connectivity index (χ0) is 17.3. The molecule has 0 radical (unpaired) electrons. The summed E-state index contributed by atoms with van der Waals surface area (Å²) in [7, 11) is 1.62. The molecule has 2 heterocycles. The SMILES string of the molecule is Cc1ccccc1-c1cc(=O)oc2nc(N(C)CC(=O)O)ccc12. The number of aliphatic carboxylic acids is 1. The van der Waals surface area contributed by atoms with Crippen LogP contribution >= 0.6 is 0 Å². The van der Waals surface area contributed by atoms with Crippen molar-refractivity contribution in [3.05, 3.63) is 58.4 Å². The number of likely N-dealkylation sites (N-methyl/N-ethyl adjacent to an activating group) is 1. The van der Waals surface area contributed by atoms with Gasteiger partial charge in [-0.1, -0.05) is 24.3 Å². The average Bonchev–Trinajstić information content (AvgIpc) is 2.53. The highest BCUT2D eigenvalue weighted by Crippen LogP contribution is 2.29. The van der Waals surface area contributed by atoms with Gasteiger partial charge in [-0.3, -0.25) is 4.79 Å². The van der Waals surface area contributed by atoms with E-state index in [-0.39, 0.29) is 12.3 Å². The molecule has 0 unspecified atom stereocenters. The first-order valence-electron chi connectivity index (χ1n) is 7.39. The molecular formula is C18H16N2O4. The van der Waals surface area contributed by atoms with Crippen LogP contribution in [-0.4, -0.2) is 29.7 Å². The fourth-order valence-electron chi connectivity index (χ4n) is 2.63. The number of hydrogen-bond donors (Lipinski definition) is 1. The van der Waals surface area contributed by atoms with Crippen molar-refractivity contribution in [1.29, 1.82) is 0 Å². The van der Waals surface area contributed by atoms with E-state index in [9.17, 15) is 9.59 Å². The Morgan fingerprint density at radius 2 is 1.96 bits per heavy atom. The lowest BCUT2D eigenvalue weighted by Crippen LogP contribution is -2.25. The molecule has 2 aromatic heterocycles. The van der Waals surface area contributed by atoms with Crippen LogP contribution in [0.2, 0.25) is 0 Å². The largest absolute Gasteiger partial charge is 0.480 e. The van der Waals surface area contributed by atoms with Gasteiger partial charge in [0.2, 0.25) is 5.71 Å². The minimum absolute atomic E-state index is 0.190. The van der Waals surface area contributed by atoms with E-state index in [2.05, 4.69) is 4.98 Å². The minimum Gasteiger partial charge on any atom is -0.480 e. The Kier molecular flexibility index (Phi) is 4.04. The number of aryl methyl sites for hydroxylation is 1. The molecule has 0 fully saturated rings. The molecule has 24 heavy (non-hydrogen) atoms. The molecule has 0 bridgehead atoms. The lowest BCUT2D eigenvalue weighted by molar-refractivity contribution is -0.135. The molecular weight excluding hydrogens is 308 g/mol. The number of aromatic nitrogens is 1. The van der Waals surface area contributed by atoms with Gasteiger partial charge in [0.15, 0.2) is 0 Å². The lowest BCUT2D eigenvalue weighted by Gasteiger charge is -2.16. The van der Waals surface area contributed by atoms with Crippen LogP contribution in [0.3, 0.4) is 0 Å². The third kappa shape index (κ3) is 2.99. The maximum absolute atomic E-state index is 11.9. The van der Waals surface area contributed by atoms with Crippen LogP contribution in [0.15, 0.2) is 51.7 Å². The van der Waals surface area contributed by atoms with Crippen molar-refractivity contribution in [2.45, 2.75) is 6.92 Å². The number of anilines is 1. The summed E-state index contributed by atoms with van der Waals surface area (Å²) in [5.74, 6) is -0.538. The fourth-order valence-corrected chi connectivity index (χ4v) is 2.63. The minimum atomic E-state index is -0.963. The van der Waals surface area contributed by atoms with E-state index < -0.39 is 11.6 Å². The lowest BCUT2D eigenvalue weighted by atomic mass is 9.99. The van der Waals surface area contributed by atoms with Crippen molar-refractivity contribution >= 4 is 22.9 Å². The third-order valence-corrected chi connectivity index (χ3v) is 3.79. The number of fused-ring (bicyclic) bond motifs is 1. The van der Waals surface area contributed by atoms with Gasteiger partial charge in [-0.05, 0) is 30.2 Å². The second-order valence-corrected chi connectivity index (χ2v) is 5.57. The normalized spacial score (nSPS) is 10.8. The van der Waals surface area contributed by atoms with Gasteiger partial charge in [0, 0.05) is 24.1 Å². The van der Waals surface area contributed by atoms with Crippen molar-refractivity contribution < 1.29 is 14.3 Å². The van der Waals surface area contributed by atoms with Crippen LogP contribution in [0.5, 0.6) is 0 Å². The molecule has 0 aliphatic rings. The molecule has 0 atom stereocenters. The Morgan fingerprint density at radius 1 is 1.21 bits per heavy atom. The van der Waals surface area contributed by atoms with Crippen LogP contribution in [0.1, 0.15) is 5.56 Å². The van der Waals surface area contributed by atoms with Gasteiger partial charge >= 0.3 is 11.6 Å². The second kappa shape index (κ2) is 6.16. The molecule has 6 heteroatoms. The van der Waals surface area contributed by atoms with Crippen LogP contribution < -0.4 is 10.5 Å². The summed E-state index contributed by atoms with van der Waals surface area (Å²) < 4.78 is 5.22. The molecule has 6 nitrogen and oxygen atoms in total. The number of carboxylic acid groups (broad SMARTS) is 1. The van der Waals surface area contributed by atoms with Crippen molar-refractivity contribution in [1.82, 2.24) is 4.98 Å². The highest BCUT2D eigenvalue weighted by Gasteiger charge is 2.13. The number of pyridine rings is 1. The van der Waals surface area contributed by atoms with Gasteiger partial charge in [-0.2, -0.15) is 4.98 Å². The topological polar surface area (TPSA) is 83.6 Å². The third-order valence-electron chi connectivity index (χ3n) is 3.79. The van der Waals surface area contributed by atoms with E-state index in [1.807, 2.05) is 31.2 Å². The van der Waals surface area contributed by atoms with E-state index in [0.29, 0.717) is 11.2 Å². The smallest absolute Gasteiger partial charge is 0.338 e. The summed E-state index contributed by atoms with van der Waals surface area (Å²) in [4.78, 5) is 28.5. The summed E-state index contributed by atoms with van der Waals surface area (Å²) >= 11 is 0. The molecule has 3 rings (SSSR count). The average molecular weight is 324 g/mol. The fraction of sp³-hybridized carbons (Fsp3) is 0.167. The molecule has 0 saturated heterocycles. The summed E-state index contributed by atoms with van der Waals surface area (Å²) in [6.07, 6.45) is 0. The van der Waals surface area contributed by atoms with Crippen molar-refractivity contribution in [2.24, 2.45) is 0 Å². The quantitative estimate of drug-likeness (QED) is 0.794. The van der Waals surface area contributed by atoms with Gasteiger partial charge in [0.1, 0.15) is 12.4 Å². The van der Waals surface area contributed by atoms with Gasteiger partial charge in [-0.15, -0.1) is 0 Å². The number of carboxylic acids is 1. The second-order valence-electron chi connectivity index (χ2n) is 5.57. The predicted molar refractivity (Wildman–Crippen MR) is 91.4 cm³/mol. The number of hydrogen-bond acceptors (Lipinski definition) is 5. The monoisotopic (exact) mass is 324 g/mol. The van der Waals surface area contributed by atoms with Gasteiger partial charge in [-0.25, -0.2) is 4.79 Å².